The first-order valence-corrected chi connectivity index (χ1v) is 7.01. The standard InChI is InChI=1S/C15H13F2N3O2/c16-9-5-8-10(21)1-4-18-13(8)12(17)14(9)20-6-11(19-22)15(7-20)2-3-15/h1,4-5,22H,2-3,6-7H2,(H,18,21). The summed E-state index contributed by atoms with van der Waals surface area (Å²) in [5.74, 6) is -1.57. The second kappa shape index (κ2) is 4.28. The van der Waals surface area contributed by atoms with Gasteiger partial charge in [0.15, 0.2) is 11.2 Å². The first kappa shape index (κ1) is 13.2. The summed E-state index contributed by atoms with van der Waals surface area (Å²) < 4.78 is 29.1. The van der Waals surface area contributed by atoms with Crippen LogP contribution in [0.5, 0.6) is 0 Å². The number of halogens is 2. The van der Waals surface area contributed by atoms with E-state index < -0.39 is 17.1 Å². The molecule has 1 spiro atoms. The second-order valence-electron chi connectivity index (χ2n) is 5.97. The molecule has 0 amide bonds. The van der Waals surface area contributed by atoms with Crippen LogP contribution >= 0.6 is 0 Å². The Balaban J connectivity index is 1.88. The smallest absolute Gasteiger partial charge is 0.189 e. The zero-order chi connectivity index (χ0) is 15.5. The van der Waals surface area contributed by atoms with Gasteiger partial charge in [0.2, 0.25) is 0 Å². The van der Waals surface area contributed by atoms with E-state index in [0.29, 0.717) is 12.3 Å². The summed E-state index contributed by atoms with van der Waals surface area (Å²) in [4.78, 5) is 15.9. The maximum absolute atomic E-state index is 14.7. The Morgan fingerprint density at radius 3 is 2.77 bits per heavy atom. The van der Waals surface area contributed by atoms with E-state index >= 15 is 0 Å². The molecule has 1 aliphatic carbocycles. The topological polar surface area (TPSA) is 68.7 Å². The molecule has 1 saturated heterocycles. The number of oxime groups is 1. The lowest BCUT2D eigenvalue weighted by atomic mass is 10.1. The van der Waals surface area contributed by atoms with Gasteiger partial charge in [-0.05, 0) is 18.9 Å². The Morgan fingerprint density at radius 1 is 1.36 bits per heavy atom. The van der Waals surface area contributed by atoms with Crippen LogP contribution in [0.25, 0.3) is 10.9 Å². The van der Waals surface area contributed by atoms with Crippen molar-refractivity contribution >= 4 is 22.3 Å². The Morgan fingerprint density at radius 2 is 2.14 bits per heavy atom. The Labute approximate surface area is 123 Å². The minimum Gasteiger partial charge on any atom is -0.411 e. The molecule has 7 heteroatoms. The third kappa shape index (κ3) is 1.68. The molecule has 2 heterocycles. The van der Waals surface area contributed by atoms with Crippen molar-refractivity contribution in [3.05, 3.63) is 40.2 Å². The van der Waals surface area contributed by atoms with Gasteiger partial charge in [-0.3, -0.25) is 4.79 Å². The molecule has 1 aliphatic heterocycles. The predicted octanol–water partition coefficient (Wildman–Crippen LogP) is 2.24. The van der Waals surface area contributed by atoms with Crippen molar-refractivity contribution in [2.24, 2.45) is 10.6 Å². The lowest BCUT2D eigenvalue weighted by Crippen LogP contribution is -2.23. The lowest BCUT2D eigenvalue weighted by molar-refractivity contribution is 0.315. The summed E-state index contributed by atoms with van der Waals surface area (Å²) >= 11 is 0. The van der Waals surface area contributed by atoms with Gasteiger partial charge in [-0.25, -0.2) is 8.78 Å². The van der Waals surface area contributed by atoms with E-state index in [4.69, 9.17) is 5.21 Å². The van der Waals surface area contributed by atoms with E-state index in [1.807, 2.05) is 0 Å². The monoisotopic (exact) mass is 305 g/mol. The zero-order valence-corrected chi connectivity index (χ0v) is 11.6. The quantitative estimate of drug-likeness (QED) is 0.627. The van der Waals surface area contributed by atoms with E-state index in [0.717, 1.165) is 18.9 Å². The van der Waals surface area contributed by atoms with Crippen LogP contribution in [0.2, 0.25) is 0 Å². The number of hydrogen-bond acceptors (Lipinski definition) is 4. The van der Waals surface area contributed by atoms with Gasteiger partial charge >= 0.3 is 0 Å². The van der Waals surface area contributed by atoms with Crippen molar-refractivity contribution in [1.82, 2.24) is 4.98 Å². The average molecular weight is 305 g/mol. The molecule has 2 N–H and O–H groups in total. The maximum Gasteiger partial charge on any atom is 0.189 e. The molecule has 22 heavy (non-hydrogen) atoms. The lowest BCUT2D eigenvalue weighted by Gasteiger charge is -2.20. The molecule has 2 aliphatic rings. The van der Waals surface area contributed by atoms with Crippen LogP contribution in [0.1, 0.15) is 12.8 Å². The van der Waals surface area contributed by atoms with Gasteiger partial charge in [-0.1, -0.05) is 5.16 Å². The van der Waals surface area contributed by atoms with Crippen LogP contribution in [0.3, 0.4) is 0 Å². The fourth-order valence-electron chi connectivity index (χ4n) is 3.28. The molecule has 1 saturated carbocycles. The minimum absolute atomic E-state index is 0.0110. The van der Waals surface area contributed by atoms with Gasteiger partial charge in [0.05, 0.1) is 23.2 Å². The molecule has 2 fully saturated rings. The third-order valence-electron chi connectivity index (χ3n) is 4.66. The predicted molar refractivity (Wildman–Crippen MR) is 77.6 cm³/mol. The molecule has 1 aromatic carbocycles. The number of benzene rings is 1. The number of pyridine rings is 1. The Hall–Kier alpha value is -2.44. The molecule has 0 atom stereocenters. The molecular formula is C15H13F2N3O2. The van der Waals surface area contributed by atoms with Crippen molar-refractivity contribution in [3.8, 4) is 0 Å². The van der Waals surface area contributed by atoms with Gasteiger partial charge in [0.25, 0.3) is 0 Å². The number of nitrogens with zero attached hydrogens (tertiary/aromatic N) is 2. The van der Waals surface area contributed by atoms with E-state index in [-0.39, 0.29) is 28.6 Å². The van der Waals surface area contributed by atoms with Crippen LogP contribution in [0, 0.1) is 17.0 Å². The van der Waals surface area contributed by atoms with Crippen molar-refractivity contribution in [3.63, 3.8) is 0 Å². The molecule has 0 radical (unpaired) electrons. The zero-order valence-electron chi connectivity index (χ0n) is 11.6. The molecule has 5 nitrogen and oxygen atoms in total. The molecule has 0 bridgehead atoms. The molecule has 4 rings (SSSR count). The average Bonchev–Trinajstić information content (AvgIpc) is 3.16. The number of nitrogens with one attached hydrogen (secondary N) is 1. The highest BCUT2D eigenvalue weighted by Gasteiger charge is 2.54. The number of aromatic amines is 1. The number of anilines is 1. The SMILES string of the molecule is O=c1cc[nH]c2c(F)c(N3CC(=NO)C4(CC4)C3)c(F)cc12. The molecule has 0 unspecified atom stereocenters. The van der Waals surface area contributed by atoms with Crippen LogP contribution in [0.4, 0.5) is 14.5 Å². The summed E-state index contributed by atoms with van der Waals surface area (Å²) in [5, 5.41) is 12.3. The largest absolute Gasteiger partial charge is 0.411 e. The highest BCUT2D eigenvalue weighted by atomic mass is 19.1. The van der Waals surface area contributed by atoms with Crippen LogP contribution in [0.15, 0.2) is 28.3 Å². The highest BCUT2D eigenvalue weighted by molar-refractivity contribution is 5.99. The summed E-state index contributed by atoms with van der Waals surface area (Å²) in [6.45, 7) is 0.607. The van der Waals surface area contributed by atoms with E-state index in [2.05, 4.69) is 10.1 Å². The molecule has 2 aromatic rings. The van der Waals surface area contributed by atoms with Crippen molar-refractivity contribution < 1.29 is 14.0 Å². The fraction of sp³-hybridized carbons (Fsp3) is 0.333. The van der Waals surface area contributed by atoms with Crippen LogP contribution < -0.4 is 10.3 Å². The fourth-order valence-corrected chi connectivity index (χ4v) is 3.28. The van der Waals surface area contributed by atoms with Crippen LogP contribution in [-0.4, -0.2) is 29.0 Å². The summed E-state index contributed by atoms with van der Waals surface area (Å²) in [6, 6.07) is 2.28. The molecule has 1 aromatic heterocycles. The Kier molecular flexibility index (Phi) is 2.58. The normalized spacial score (nSPS) is 21.2. The number of hydrogen-bond donors (Lipinski definition) is 2. The van der Waals surface area contributed by atoms with Gasteiger partial charge in [-0.15, -0.1) is 0 Å². The third-order valence-corrected chi connectivity index (χ3v) is 4.66. The summed E-state index contributed by atoms with van der Waals surface area (Å²) in [7, 11) is 0. The first-order valence-electron chi connectivity index (χ1n) is 7.01. The highest BCUT2D eigenvalue weighted by Crippen LogP contribution is 2.52. The van der Waals surface area contributed by atoms with E-state index in [9.17, 15) is 13.6 Å². The van der Waals surface area contributed by atoms with E-state index in [1.54, 1.807) is 0 Å². The Bertz CT molecular complexity index is 871. The van der Waals surface area contributed by atoms with Gasteiger partial charge in [-0.2, -0.15) is 0 Å². The van der Waals surface area contributed by atoms with Gasteiger partial charge < -0.3 is 15.1 Å². The van der Waals surface area contributed by atoms with Crippen LogP contribution in [-0.2, 0) is 0 Å². The van der Waals surface area contributed by atoms with Gasteiger partial charge in [0.1, 0.15) is 11.5 Å². The number of fused-ring (bicyclic) bond motifs is 1. The summed E-state index contributed by atoms with van der Waals surface area (Å²) in [6.07, 6.45) is 3.05. The summed E-state index contributed by atoms with van der Waals surface area (Å²) in [5.41, 5.74) is -0.307. The van der Waals surface area contributed by atoms with Crippen molar-refractivity contribution in [2.45, 2.75) is 12.8 Å². The molecular weight excluding hydrogens is 292 g/mol. The second-order valence-corrected chi connectivity index (χ2v) is 5.97. The van der Waals surface area contributed by atoms with E-state index in [1.165, 1.54) is 17.2 Å². The minimum atomic E-state index is -0.789. The number of H-pyrrole nitrogens is 1. The van der Waals surface area contributed by atoms with Gasteiger partial charge in [0, 0.05) is 24.2 Å². The maximum atomic E-state index is 14.7. The molecule has 114 valence electrons. The van der Waals surface area contributed by atoms with Crippen molar-refractivity contribution in [2.75, 3.05) is 18.0 Å². The number of rotatable bonds is 1. The number of aromatic nitrogens is 1. The van der Waals surface area contributed by atoms with Crippen molar-refractivity contribution in [1.29, 1.82) is 0 Å². The first-order chi connectivity index (χ1) is 10.6.